The molecule has 138 valence electrons. The molecule has 0 unspecified atom stereocenters. The van der Waals surface area contributed by atoms with Crippen LogP contribution in [0.2, 0.25) is 0 Å². The van der Waals surface area contributed by atoms with Crippen molar-refractivity contribution in [3.63, 3.8) is 0 Å². The van der Waals surface area contributed by atoms with E-state index < -0.39 is 0 Å². The molecule has 2 aromatic rings. The van der Waals surface area contributed by atoms with E-state index in [1.54, 1.807) is 0 Å². The molecule has 1 aliphatic rings. The quantitative estimate of drug-likeness (QED) is 0.833. The monoisotopic (exact) mass is 350 g/mol. The van der Waals surface area contributed by atoms with Crippen molar-refractivity contribution < 1.29 is 4.79 Å². The van der Waals surface area contributed by atoms with Gasteiger partial charge in [0.15, 0.2) is 0 Å². The first kappa shape index (κ1) is 18.7. The third-order valence-corrected chi connectivity index (χ3v) is 5.50. The number of aryl methyl sites for hydroxylation is 1. The van der Waals surface area contributed by atoms with E-state index in [0.717, 1.165) is 38.9 Å². The Kier molecular flexibility index (Phi) is 6.45. The van der Waals surface area contributed by atoms with Gasteiger partial charge in [-0.15, -0.1) is 0 Å². The van der Waals surface area contributed by atoms with E-state index >= 15 is 0 Å². The SMILES string of the molecule is CC[C@H](NC(=O)C1CCN(Cc2ccccc2)CC1)c1ccccc1C. The minimum Gasteiger partial charge on any atom is -0.349 e. The molecule has 1 aliphatic heterocycles. The lowest BCUT2D eigenvalue weighted by Crippen LogP contribution is -2.41. The lowest BCUT2D eigenvalue weighted by molar-refractivity contribution is -0.127. The second kappa shape index (κ2) is 9.00. The van der Waals surface area contributed by atoms with Crippen LogP contribution < -0.4 is 5.32 Å². The summed E-state index contributed by atoms with van der Waals surface area (Å²) in [5.41, 5.74) is 3.84. The highest BCUT2D eigenvalue weighted by atomic mass is 16.1. The molecule has 1 heterocycles. The minimum absolute atomic E-state index is 0.117. The van der Waals surface area contributed by atoms with Crippen LogP contribution in [0.1, 0.15) is 48.9 Å². The van der Waals surface area contributed by atoms with Gasteiger partial charge in [-0.25, -0.2) is 0 Å². The summed E-state index contributed by atoms with van der Waals surface area (Å²) in [6, 6.07) is 19.1. The fraction of sp³-hybridized carbons (Fsp3) is 0.435. The molecule has 3 heteroatoms. The number of carbonyl (C=O) groups excluding carboxylic acids is 1. The first-order chi connectivity index (χ1) is 12.7. The summed E-state index contributed by atoms with van der Waals surface area (Å²) in [7, 11) is 0. The van der Waals surface area contributed by atoms with Gasteiger partial charge in [-0.2, -0.15) is 0 Å². The van der Waals surface area contributed by atoms with E-state index in [9.17, 15) is 4.79 Å². The molecule has 0 saturated carbocycles. The highest BCUT2D eigenvalue weighted by Gasteiger charge is 2.26. The topological polar surface area (TPSA) is 32.3 Å². The number of likely N-dealkylation sites (tertiary alicyclic amines) is 1. The average molecular weight is 351 g/mol. The Bertz CT molecular complexity index is 705. The van der Waals surface area contributed by atoms with Crippen LogP contribution in [0.3, 0.4) is 0 Å². The molecular weight excluding hydrogens is 320 g/mol. The molecule has 2 aromatic carbocycles. The van der Waals surface area contributed by atoms with Crippen molar-refractivity contribution in [3.05, 3.63) is 71.3 Å². The first-order valence-corrected chi connectivity index (χ1v) is 9.79. The Labute approximate surface area is 157 Å². The zero-order valence-electron chi connectivity index (χ0n) is 15.9. The third kappa shape index (κ3) is 4.73. The number of nitrogens with one attached hydrogen (secondary N) is 1. The van der Waals surface area contributed by atoms with Crippen LogP contribution >= 0.6 is 0 Å². The largest absolute Gasteiger partial charge is 0.349 e. The van der Waals surface area contributed by atoms with Gasteiger partial charge in [0.05, 0.1) is 6.04 Å². The molecule has 0 radical (unpaired) electrons. The van der Waals surface area contributed by atoms with Crippen molar-refractivity contribution in [1.29, 1.82) is 0 Å². The number of hydrogen-bond acceptors (Lipinski definition) is 2. The van der Waals surface area contributed by atoms with Gasteiger partial charge in [0.25, 0.3) is 0 Å². The number of rotatable bonds is 6. The van der Waals surface area contributed by atoms with Crippen molar-refractivity contribution in [2.24, 2.45) is 5.92 Å². The number of amides is 1. The molecule has 3 rings (SSSR count). The van der Waals surface area contributed by atoms with E-state index in [-0.39, 0.29) is 17.9 Å². The summed E-state index contributed by atoms with van der Waals surface area (Å²) in [6.07, 6.45) is 2.81. The van der Waals surface area contributed by atoms with E-state index in [1.807, 2.05) is 0 Å². The second-order valence-electron chi connectivity index (χ2n) is 7.36. The highest BCUT2D eigenvalue weighted by Crippen LogP contribution is 2.24. The van der Waals surface area contributed by atoms with Gasteiger partial charge in [0, 0.05) is 12.5 Å². The summed E-state index contributed by atoms with van der Waals surface area (Å²) >= 11 is 0. The van der Waals surface area contributed by atoms with Crippen LogP contribution in [0.15, 0.2) is 54.6 Å². The van der Waals surface area contributed by atoms with E-state index in [0.29, 0.717) is 0 Å². The van der Waals surface area contributed by atoms with Gasteiger partial charge < -0.3 is 5.32 Å². The minimum atomic E-state index is 0.117. The molecule has 0 bridgehead atoms. The number of hydrogen-bond donors (Lipinski definition) is 1. The molecule has 0 aliphatic carbocycles. The van der Waals surface area contributed by atoms with Gasteiger partial charge in [-0.3, -0.25) is 9.69 Å². The molecule has 0 spiro atoms. The van der Waals surface area contributed by atoms with Crippen LogP contribution in [0.5, 0.6) is 0 Å². The average Bonchev–Trinajstić information content (AvgIpc) is 2.68. The maximum Gasteiger partial charge on any atom is 0.223 e. The first-order valence-electron chi connectivity index (χ1n) is 9.79. The third-order valence-electron chi connectivity index (χ3n) is 5.50. The van der Waals surface area contributed by atoms with Crippen LogP contribution in [-0.4, -0.2) is 23.9 Å². The smallest absolute Gasteiger partial charge is 0.223 e. The van der Waals surface area contributed by atoms with Crippen molar-refractivity contribution >= 4 is 5.91 Å². The van der Waals surface area contributed by atoms with Crippen molar-refractivity contribution in [3.8, 4) is 0 Å². The molecule has 1 atom stereocenters. The standard InChI is InChI=1S/C23H30N2O/c1-3-22(21-12-8-7-9-18(21)2)24-23(26)20-13-15-25(16-14-20)17-19-10-5-4-6-11-19/h4-12,20,22H,3,13-17H2,1-2H3,(H,24,26)/t22-/m0/s1. The Morgan fingerprint density at radius 1 is 1.08 bits per heavy atom. The Morgan fingerprint density at radius 3 is 2.38 bits per heavy atom. The van der Waals surface area contributed by atoms with E-state index in [4.69, 9.17) is 0 Å². The zero-order valence-corrected chi connectivity index (χ0v) is 15.9. The molecule has 1 fully saturated rings. The Hall–Kier alpha value is -2.13. The molecule has 0 aromatic heterocycles. The highest BCUT2D eigenvalue weighted by molar-refractivity contribution is 5.79. The predicted molar refractivity (Wildman–Crippen MR) is 107 cm³/mol. The number of benzene rings is 2. The molecule has 1 saturated heterocycles. The molecule has 3 nitrogen and oxygen atoms in total. The van der Waals surface area contributed by atoms with Crippen LogP contribution in [0.4, 0.5) is 0 Å². The normalized spacial score (nSPS) is 17.0. The lowest BCUT2D eigenvalue weighted by atomic mass is 9.93. The summed E-state index contributed by atoms with van der Waals surface area (Å²) in [5, 5.41) is 3.30. The maximum atomic E-state index is 12.8. The molecule has 1 N–H and O–H groups in total. The van der Waals surface area contributed by atoms with Gasteiger partial charge in [0.1, 0.15) is 0 Å². The second-order valence-corrected chi connectivity index (χ2v) is 7.36. The molecule has 1 amide bonds. The Balaban J connectivity index is 1.52. The summed E-state index contributed by atoms with van der Waals surface area (Å²) in [4.78, 5) is 15.2. The predicted octanol–water partition coefficient (Wildman–Crippen LogP) is 4.47. The number of nitrogens with zero attached hydrogens (tertiary/aromatic N) is 1. The summed E-state index contributed by atoms with van der Waals surface area (Å²) in [5.74, 6) is 0.361. The fourth-order valence-electron chi connectivity index (χ4n) is 3.86. The maximum absolute atomic E-state index is 12.8. The molecular formula is C23H30N2O. The van der Waals surface area contributed by atoms with Crippen molar-refractivity contribution in [1.82, 2.24) is 10.2 Å². The number of piperidine rings is 1. The Morgan fingerprint density at radius 2 is 1.73 bits per heavy atom. The van der Waals surface area contributed by atoms with Gasteiger partial charge >= 0.3 is 0 Å². The van der Waals surface area contributed by atoms with Gasteiger partial charge in [-0.05, 0) is 56.0 Å². The van der Waals surface area contributed by atoms with Crippen LogP contribution in [0.25, 0.3) is 0 Å². The number of carbonyl (C=O) groups is 1. The van der Waals surface area contributed by atoms with Gasteiger partial charge in [-0.1, -0.05) is 61.5 Å². The van der Waals surface area contributed by atoms with Crippen molar-refractivity contribution in [2.45, 2.75) is 45.7 Å². The zero-order chi connectivity index (χ0) is 18.4. The summed E-state index contributed by atoms with van der Waals surface area (Å²) in [6.45, 7) is 7.23. The van der Waals surface area contributed by atoms with E-state index in [2.05, 4.69) is 78.7 Å². The molecule has 26 heavy (non-hydrogen) atoms. The van der Waals surface area contributed by atoms with E-state index in [1.165, 1.54) is 16.7 Å². The summed E-state index contributed by atoms with van der Waals surface area (Å²) < 4.78 is 0. The fourth-order valence-corrected chi connectivity index (χ4v) is 3.86. The lowest BCUT2D eigenvalue weighted by Gasteiger charge is -2.32. The van der Waals surface area contributed by atoms with Crippen molar-refractivity contribution in [2.75, 3.05) is 13.1 Å². The van der Waals surface area contributed by atoms with Crippen LogP contribution in [-0.2, 0) is 11.3 Å². The van der Waals surface area contributed by atoms with Gasteiger partial charge in [0.2, 0.25) is 5.91 Å². The van der Waals surface area contributed by atoms with Crippen LogP contribution in [0, 0.1) is 12.8 Å².